The number of hydrogen-bond acceptors (Lipinski definition) is 3. The van der Waals surface area contributed by atoms with Crippen LogP contribution >= 0.6 is 15.9 Å². The first-order valence-corrected chi connectivity index (χ1v) is 6.59. The van der Waals surface area contributed by atoms with Gasteiger partial charge in [0.05, 0.1) is 29.5 Å². The maximum absolute atomic E-state index is 5.63. The lowest BCUT2D eigenvalue weighted by atomic mass is 9.95. The lowest BCUT2D eigenvalue weighted by Gasteiger charge is -2.21. The van der Waals surface area contributed by atoms with E-state index in [2.05, 4.69) is 35.1 Å². The Morgan fingerprint density at radius 1 is 1.62 bits per heavy atom. The molecule has 3 atom stereocenters. The van der Waals surface area contributed by atoms with Crippen LogP contribution in [0, 0.1) is 5.92 Å². The number of rotatable bonds is 4. The molecule has 1 aromatic heterocycles. The minimum Gasteiger partial charge on any atom is -0.466 e. The predicted octanol–water partition coefficient (Wildman–Crippen LogP) is 3.12. The molecule has 1 aliphatic heterocycles. The van der Waals surface area contributed by atoms with Crippen LogP contribution in [0.4, 0.5) is 0 Å². The zero-order valence-corrected chi connectivity index (χ0v) is 11.3. The summed E-state index contributed by atoms with van der Waals surface area (Å²) in [6.07, 6.45) is 3.17. The van der Waals surface area contributed by atoms with Crippen molar-refractivity contribution >= 4 is 15.9 Å². The lowest BCUT2D eigenvalue weighted by Crippen LogP contribution is -2.28. The Morgan fingerprint density at radius 2 is 2.44 bits per heavy atom. The third-order valence-corrected chi connectivity index (χ3v) is 3.71. The molecule has 2 rings (SSSR count). The van der Waals surface area contributed by atoms with Gasteiger partial charge in [0.15, 0.2) is 0 Å². The third-order valence-electron chi connectivity index (χ3n) is 3.05. The van der Waals surface area contributed by atoms with E-state index in [0.717, 1.165) is 29.8 Å². The van der Waals surface area contributed by atoms with Crippen molar-refractivity contribution in [3.8, 4) is 0 Å². The van der Waals surface area contributed by atoms with Crippen molar-refractivity contribution in [1.29, 1.82) is 0 Å². The molecule has 1 saturated heterocycles. The predicted molar refractivity (Wildman–Crippen MR) is 66.3 cm³/mol. The first kappa shape index (κ1) is 12.1. The molecule has 16 heavy (non-hydrogen) atoms. The summed E-state index contributed by atoms with van der Waals surface area (Å²) in [5.41, 5.74) is 0. The minimum absolute atomic E-state index is 0.249. The number of nitrogens with one attached hydrogen (secondary N) is 1. The summed E-state index contributed by atoms with van der Waals surface area (Å²) in [5.74, 6) is 1.49. The van der Waals surface area contributed by atoms with Gasteiger partial charge in [0, 0.05) is 5.92 Å². The van der Waals surface area contributed by atoms with Crippen LogP contribution in [0.25, 0.3) is 0 Å². The van der Waals surface area contributed by atoms with Gasteiger partial charge in [-0.1, -0.05) is 6.92 Å². The van der Waals surface area contributed by atoms with E-state index in [4.69, 9.17) is 9.15 Å². The van der Waals surface area contributed by atoms with E-state index in [-0.39, 0.29) is 6.04 Å². The fourth-order valence-corrected chi connectivity index (χ4v) is 2.75. The van der Waals surface area contributed by atoms with Gasteiger partial charge >= 0.3 is 0 Å². The van der Waals surface area contributed by atoms with E-state index in [0.29, 0.717) is 12.0 Å². The van der Waals surface area contributed by atoms with Gasteiger partial charge in [-0.15, -0.1) is 0 Å². The average molecular weight is 288 g/mol. The molecule has 1 aromatic rings. The highest BCUT2D eigenvalue weighted by atomic mass is 79.9. The molecule has 3 nitrogen and oxygen atoms in total. The monoisotopic (exact) mass is 287 g/mol. The number of hydrogen-bond donors (Lipinski definition) is 1. The molecule has 1 fully saturated rings. The van der Waals surface area contributed by atoms with Gasteiger partial charge in [0.2, 0.25) is 0 Å². The first-order chi connectivity index (χ1) is 7.72. The minimum atomic E-state index is 0.249. The van der Waals surface area contributed by atoms with Crippen LogP contribution in [0.15, 0.2) is 21.2 Å². The van der Waals surface area contributed by atoms with E-state index < -0.39 is 0 Å². The van der Waals surface area contributed by atoms with Crippen molar-refractivity contribution in [3.05, 3.63) is 22.6 Å². The second-order valence-electron chi connectivity index (χ2n) is 4.31. The van der Waals surface area contributed by atoms with Gasteiger partial charge in [-0.2, -0.15) is 0 Å². The summed E-state index contributed by atoms with van der Waals surface area (Å²) in [7, 11) is 0. The molecular formula is C12H18BrNO2. The molecule has 0 saturated carbocycles. The maximum Gasteiger partial charge on any atom is 0.135 e. The molecule has 3 unspecified atom stereocenters. The maximum atomic E-state index is 5.63. The number of halogens is 1. The van der Waals surface area contributed by atoms with E-state index in [1.807, 2.05) is 6.07 Å². The number of furan rings is 1. The molecule has 1 N–H and O–H groups in total. The summed E-state index contributed by atoms with van der Waals surface area (Å²) in [4.78, 5) is 0. The summed E-state index contributed by atoms with van der Waals surface area (Å²) in [6, 6.07) is 2.19. The van der Waals surface area contributed by atoms with Crippen LogP contribution in [0.5, 0.6) is 0 Å². The first-order valence-electron chi connectivity index (χ1n) is 5.80. The van der Waals surface area contributed by atoms with Crippen LogP contribution in [-0.4, -0.2) is 19.3 Å². The van der Waals surface area contributed by atoms with Crippen LogP contribution < -0.4 is 5.32 Å². The van der Waals surface area contributed by atoms with Gasteiger partial charge in [0.1, 0.15) is 5.76 Å². The topological polar surface area (TPSA) is 34.4 Å². The van der Waals surface area contributed by atoms with E-state index in [9.17, 15) is 0 Å². The Morgan fingerprint density at radius 3 is 2.94 bits per heavy atom. The third kappa shape index (κ3) is 2.50. The molecule has 0 bridgehead atoms. The smallest absolute Gasteiger partial charge is 0.135 e. The Labute approximate surface area is 105 Å². The van der Waals surface area contributed by atoms with Gasteiger partial charge < -0.3 is 14.5 Å². The largest absolute Gasteiger partial charge is 0.466 e. The molecule has 0 aliphatic carbocycles. The second-order valence-corrected chi connectivity index (χ2v) is 5.16. The van der Waals surface area contributed by atoms with E-state index in [1.165, 1.54) is 0 Å². The molecule has 0 amide bonds. The molecule has 0 spiro atoms. The van der Waals surface area contributed by atoms with Gasteiger partial charge in [0.25, 0.3) is 0 Å². The Kier molecular flexibility index (Phi) is 4.05. The molecular weight excluding hydrogens is 270 g/mol. The van der Waals surface area contributed by atoms with Crippen molar-refractivity contribution in [2.45, 2.75) is 32.4 Å². The molecule has 2 heterocycles. The van der Waals surface area contributed by atoms with Crippen molar-refractivity contribution in [1.82, 2.24) is 5.32 Å². The van der Waals surface area contributed by atoms with Gasteiger partial charge in [-0.25, -0.2) is 0 Å². The van der Waals surface area contributed by atoms with Crippen molar-refractivity contribution < 1.29 is 9.15 Å². The van der Waals surface area contributed by atoms with Crippen molar-refractivity contribution in [2.75, 3.05) is 13.2 Å². The summed E-state index contributed by atoms with van der Waals surface area (Å²) >= 11 is 3.52. The highest BCUT2D eigenvalue weighted by Crippen LogP contribution is 2.35. The highest BCUT2D eigenvalue weighted by Gasteiger charge is 2.32. The van der Waals surface area contributed by atoms with Gasteiger partial charge in [-0.05, 0) is 41.9 Å². The summed E-state index contributed by atoms with van der Waals surface area (Å²) < 4.78 is 12.2. The van der Waals surface area contributed by atoms with Crippen LogP contribution in [0.1, 0.15) is 32.1 Å². The fraction of sp³-hybridized carbons (Fsp3) is 0.667. The van der Waals surface area contributed by atoms with E-state index in [1.54, 1.807) is 6.26 Å². The molecule has 90 valence electrons. The van der Waals surface area contributed by atoms with Gasteiger partial charge in [-0.3, -0.25) is 0 Å². The SMILES string of the molecule is CCNC(c1occc1Br)C1COC(C)C1. The van der Waals surface area contributed by atoms with Crippen LogP contribution in [0.2, 0.25) is 0 Å². The van der Waals surface area contributed by atoms with Crippen molar-refractivity contribution in [2.24, 2.45) is 5.92 Å². The normalized spacial score (nSPS) is 27.2. The standard InChI is InChI=1S/C12H18BrNO2/c1-3-14-11(9-6-8(2)16-7-9)12-10(13)4-5-15-12/h4-5,8-9,11,14H,3,6-7H2,1-2H3. The van der Waals surface area contributed by atoms with Crippen LogP contribution in [0.3, 0.4) is 0 Å². The Bertz CT molecular complexity index is 340. The molecule has 4 heteroatoms. The number of ether oxygens (including phenoxy) is 1. The quantitative estimate of drug-likeness (QED) is 0.924. The zero-order valence-electron chi connectivity index (χ0n) is 9.70. The highest BCUT2D eigenvalue weighted by molar-refractivity contribution is 9.10. The average Bonchev–Trinajstić information content (AvgIpc) is 2.84. The molecule has 0 radical (unpaired) electrons. The molecule has 0 aromatic carbocycles. The fourth-order valence-electron chi connectivity index (χ4n) is 2.30. The van der Waals surface area contributed by atoms with Crippen LogP contribution in [-0.2, 0) is 4.74 Å². The van der Waals surface area contributed by atoms with E-state index >= 15 is 0 Å². The zero-order chi connectivity index (χ0) is 11.5. The Balaban J connectivity index is 2.14. The second kappa shape index (κ2) is 5.34. The lowest BCUT2D eigenvalue weighted by molar-refractivity contribution is 0.116. The van der Waals surface area contributed by atoms with Crippen molar-refractivity contribution in [3.63, 3.8) is 0 Å². The Hall–Kier alpha value is -0.320. The molecule has 1 aliphatic rings. The summed E-state index contributed by atoms with van der Waals surface area (Å²) in [5, 5.41) is 3.48. The summed E-state index contributed by atoms with van der Waals surface area (Å²) in [6.45, 7) is 5.98.